The smallest absolute Gasteiger partial charge is 0.338 e. The summed E-state index contributed by atoms with van der Waals surface area (Å²) in [5.41, 5.74) is -0.0842. The highest BCUT2D eigenvalue weighted by molar-refractivity contribution is 6.18. The highest BCUT2D eigenvalue weighted by Crippen LogP contribution is 2.65. The van der Waals surface area contributed by atoms with Crippen molar-refractivity contribution in [3.63, 3.8) is 0 Å². The van der Waals surface area contributed by atoms with Crippen molar-refractivity contribution in [1.29, 1.82) is 0 Å². The fraction of sp³-hybridized carbons (Fsp3) is 0.382. The standard InChI is InChI=1S/C34H34O8/c1-18(2)10-11-21-26(35)15-27(36)28-29(37)24-14-22-23(16-40-32(39)20-8-6-5-7-9-20)25-17-41-33(31(22)38,13-12-19(3)4)34(24,25)42-30(21)28/h5-10,12,14-15,22-23,25,35-36H,11,13,16-17H2,1-4H3/t22-,23+,25-,33+,34-/m1/s1. The SMILES string of the molecule is CC(C)=CCc1c(O)cc(O)c2c1O[C@@]13C(=C[C@H]4C(=O)[C@]1(CC=C(C)C)OC[C@@H]3[C@H]4COC(=O)c1ccccc1)C2=O. The Morgan fingerprint density at radius 1 is 1.05 bits per heavy atom. The maximum atomic E-state index is 14.4. The van der Waals surface area contributed by atoms with E-state index in [4.69, 9.17) is 14.2 Å². The lowest BCUT2D eigenvalue weighted by molar-refractivity contribution is -0.172. The molecule has 218 valence electrons. The molecule has 2 aliphatic heterocycles. The highest BCUT2D eigenvalue weighted by atomic mass is 16.6. The molecule has 0 aromatic heterocycles. The number of hydrogen-bond acceptors (Lipinski definition) is 8. The van der Waals surface area contributed by atoms with E-state index in [0.717, 1.165) is 17.2 Å². The number of rotatable bonds is 7. The third kappa shape index (κ3) is 3.88. The number of phenolic OH excluding ortho intramolecular Hbond substituents is 2. The quantitative estimate of drug-likeness (QED) is 0.341. The molecule has 5 aliphatic rings. The average Bonchev–Trinajstić information content (AvgIpc) is 3.23. The lowest BCUT2D eigenvalue weighted by Gasteiger charge is -2.58. The molecular formula is C34H34O8. The van der Waals surface area contributed by atoms with E-state index in [1.54, 1.807) is 36.4 Å². The Bertz CT molecular complexity index is 1590. The molecule has 4 bridgehead atoms. The second-order valence-electron chi connectivity index (χ2n) is 12.1. The van der Waals surface area contributed by atoms with Gasteiger partial charge in [0.2, 0.25) is 0 Å². The van der Waals surface area contributed by atoms with Crippen molar-refractivity contribution in [2.45, 2.75) is 51.7 Å². The van der Waals surface area contributed by atoms with Gasteiger partial charge in [-0.3, -0.25) is 9.59 Å². The van der Waals surface area contributed by atoms with E-state index in [0.29, 0.717) is 11.1 Å². The summed E-state index contributed by atoms with van der Waals surface area (Å²) in [7, 11) is 0. The number of carbonyl (C=O) groups is 3. The number of hydrogen-bond donors (Lipinski definition) is 2. The van der Waals surface area contributed by atoms with Crippen molar-refractivity contribution in [3.05, 3.63) is 88.0 Å². The Balaban J connectivity index is 1.50. The zero-order chi connectivity index (χ0) is 30.0. The Morgan fingerprint density at radius 3 is 2.45 bits per heavy atom. The van der Waals surface area contributed by atoms with E-state index < -0.39 is 46.5 Å². The fourth-order valence-corrected chi connectivity index (χ4v) is 7.04. The summed E-state index contributed by atoms with van der Waals surface area (Å²) >= 11 is 0. The zero-order valence-electron chi connectivity index (χ0n) is 24.1. The lowest BCUT2D eigenvalue weighted by atomic mass is 9.49. The van der Waals surface area contributed by atoms with Gasteiger partial charge in [0.1, 0.15) is 22.8 Å². The minimum absolute atomic E-state index is 0.0364. The van der Waals surface area contributed by atoms with Gasteiger partial charge in [-0.15, -0.1) is 0 Å². The molecule has 2 aromatic carbocycles. The van der Waals surface area contributed by atoms with E-state index in [-0.39, 0.29) is 54.5 Å². The fourth-order valence-electron chi connectivity index (χ4n) is 7.04. The van der Waals surface area contributed by atoms with E-state index in [1.807, 2.05) is 39.8 Å². The van der Waals surface area contributed by atoms with Crippen molar-refractivity contribution < 1.29 is 38.8 Å². The number of esters is 1. The maximum absolute atomic E-state index is 14.4. The van der Waals surface area contributed by atoms with Crippen LogP contribution in [0.3, 0.4) is 0 Å². The normalized spacial score (nSPS) is 28.3. The molecule has 1 saturated carbocycles. The van der Waals surface area contributed by atoms with Crippen molar-refractivity contribution in [2.75, 3.05) is 13.2 Å². The van der Waals surface area contributed by atoms with Gasteiger partial charge in [-0.05, 0) is 46.2 Å². The van der Waals surface area contributed by atoms with Crippen LogP contribution in [0.1, 0.15) is 60.4 Å². The van der Waals surface area contributed by atoms with Gasteiger partial charge >= 0.3 is 5.97 Å². The number of ether oxygens (including phenoxy) is 3. The average molecular weight is 571 g/mol. The van der Waals surface area contributed by atoms with Gasteiger partial charge in [-0.25, -0.2) is 4.79 Å². The zero-order valence-corrected chi connectivity index (χ0v) is 24.1. The molecule has 2 heterocycles. The van der Waals surface area contributed by atoms with Crippen LogP contribution in [0.4, 0.5) is 0 Å². The topological polar surface area (TPSA) is 119 Å². The van der Waals surface area contributed by atoms with Crippen LogP contribution in [0.25, 0.3) is 0 Å². The van der Waals surface area contributed by atoms with Crippen LogP contribution in [0.2, 0.25) is 0 Å². The van der Waals surface area contributed by atoms with Gasteiger partial charge < -0.3 is 24.4 Å². The summed E-state index contributed by atoms with van der Waals surface area (Å²) in [5, 5.41) is 21.7. The molecular weight excluding hydrogens is 536 g/mol. The number of fused-ring (bicyclic) bond motifs is 1. The van der Waals surface area contributed by atoms with Gasteiger partial charge in [-0.1, -0.05) is 47.6 Å². The van der Waals surface area contributed by atoms with Crippen LogP contribution in [0.5, 0.6) is 17.2 Å². The van der Waals surface area contributed by atoms with Crippen LogP contribution in [-0.2, 0) is 20.7 Å². The molecule has 1 saturated heterocycles. The number of allylic oxidation sites excluding steroid dienone is 4. The van der Waals surface area contributed by atoms with Gasteiger partial charge in [0.25, 0.3) is 0 Å². The van der Waals surface area contributed by atoms with Crippen LogP contribution in [-0.4, -0.2) is 52.2 Å². The number of ketones is 2. The molecule has 42 heavy (non-hydrogen) atoms. The van der Waals surface area contributed by atoms with Crippen LogP contribution >= 0.6 is 0 Å². The minimum atomic E-state index is -1.53. The van der Waals surface area contributed by atoms with Crippen LogP contribution in [0, 0.1) is 17.8 Å². The van der Waals surface area contributed by atoms with Crippen LogP contribution in [0.15, 0.2) is 71.3 Å². The summed E-state index contributed by atoms with van der Waals surface area (Å²) in [6.07, 6.45) is 5.86. The second-order valence-corrected chi connectivity index (χ2v) is 12.1. The molecule has 5 atom stereocenters. The summed E-state index contributed by atoms with van der Waals surface area (Å²) in [6.45, 7) is 7.72. The van der Waals surface area contributed by atoms with Gasteiger partial charge in [0, 0.05) is 41.4 Å². The Labute approximate surface area is 244 Å². The summed E-state index contributed by atoms with van der Waals surface area (Å²) < 4.78 is 19.0. The molecule has 0 amide bonds. The molecule has 7 rings (SSSR count). The first-order chi connectivity index (χ1) is 20.0. The molecule has 2 aromatic rings. The van der Waals surface area contributed by atoms with E-state index in [1.165, 1.54) is 0 Å². The number of phenols is 2. The van der Waals surface area contributed by atoms with Crippen LogP contribution < -0.4 is 4.74 Å². The number of aromatic hydroxyl groups is 2. The van der Waals surface area contributed by atoms with Crippen molar-refractivity contribution >= 4 is 17.5 Å². The van der Waals surface area contributed by atoms with Gasteiger partial charge in [0.15, 0.2) is 22.8 Å². The molecule has 2 N–H and O–H groups in total. The Hall–Kier alpha value is -4.17. The monoisotopic (exact) mass is 570 g/mol. The third-order valence-corrected chi connectivity index (χ3v) is 9.06. The molecule has 8 heteroatoms. The molecule has 0 radical (unpaired) electrons. The predicted octanol–water partition coefficient (Wildman–Crippen LogP) is 5.27. The third-order valence-electron chi connectivity index (χ3n) is 9.06. The maximum Gasteiger partial charge on any atom is 0.338 e. The summed E-state index contributed by atoms with van der Waals surface area (Å²) in [4.78, 5) is 41.5. The summed E-state index contributed by atoms with van der Waals surface area (Å²) in [5.74, 6) is -3.51. The number of carbonyl (C=O) groups excluding carboxylic acids is 3. The Morgan fingerprint density at radius 2 is 1.76 bits per heavy atom. The van der Waals surface area contributed by atoms with Crippen molar-refractivity contribution in [1.82, 2.24) is 0 Å². The van der Waals surface area contributed by atoms with E-state index >= 15 is 0 Å². The Kier molecular flexibility index (Phi) is 6.65. The molecule has 3 aliphatic carbocycles. The molecule has 8 nitrogen and oxygen atoms in total. The number of Topliss-reactive ketones (excluding diaryl/α,β-unsaturated/α-hetero) is 2. The molecule has 2 fully saturated rings. The van der Waals surface area contributed by atoms with Crippen molar-refractivity contribution in [2.24, 2.45) is 17.8 Å². The highest BCUT2D eigenvalue weighted by Gasteiger charge is 2.79. The van der Waals surface area contributed by atoms with Crippen molar-refractivity contribution in [3.8, 4) is 17.2 Å². The first-order valence-electron chi connectivity index (χ1n) is 14.2. The molecule has 0 unspecified atom stereocenters. The molecule has 1 spiro atoms. The largest absolute Gasteiger partial charge is 0.507 e. The predicted molar refractivity (Wildman–Crippen MR) is 154 cm³/mol. The number of benzene rings is 2. The summed E-state index contributed by atoms with van der Waals surface area (Å²) in [6, 6.07) is 9.78. The second kappa shape index (κ2) is 9.98. The van der Waals surface area contributed by atoms with Gasteiger partial charge in [0.05, 0.1) is 18.8 Å². The van der Waals surface area contributed by atoms with E-state index in [2.05, 4.69) is 0 Å². The van der Waals surface area contributed by atoms with Gasteiger partial charge in [-0.2, -0.15) is 0 Å². The van der Waals surface area contributed by atoms with E-state index in [9.17, 15) is 24.6 Å². The minimum Gasteiger partial charge on any atom is -0.507 e. The lowest BCUT2D eigenvalue weighted by Crippen LogP contribution is -2.74. The first-order valence-corrected chi connectivity index (χ1v) is 14.2. The first kappa shape index (κ1) is 28.0.